The van der Waals surface area contributed by atoms with Crippen molar-refractivity contribution in [2.45, 2.75) is 51.4 Å². The number of benzene rings is 2. The van der Waals surface area contributed by atoms with Crippen LogP contribution in [0.1, 0.15) is 6.42 Å². The average molecular weight is 489 g/mol. The fraction of sp³-hybridized carbons (Fsp3) is 0.333. The van der Waals surface area contributed by atoms with E-state index < -0.39 is 28.7 Å². The summed E-state index contributed by atoms with van der Waals surface area (Å²) in [6.07, 6.45) is -3.13. The molecule has 0 amide bonds. The number of hydrogen-bond donors (Lipinski definition) is 0. The Hall–Kier alpha value is -2.04. The average Bonchev–Trinajstić information content (AvgIpc) is 3.16. The van der Waals surface area contributed by atoms with Gasteiger partial charge in [0.25, 0.3) is 0 Å². The predicted octanol–water partition coefficient (Wildman–Crippen LogP) is 6.92. The number of fused-ring (bicyclic) bond motifs is 2. The Morgan fingerprint density at radius 1 is 0.969 bits per heavy atom. The zero-order chi connectivity index (χ0) is 23.3. The van der Waals surface area contributed by atoms with Gasteiger partial charge in [-0.05, 0) is 28.9 Å². The van der Waals surface area contributed by atoms with Gasteiger partial charge in [-0.1, -0.05) is 68.3 Å². The molecule has 8 heteroatoms. The molecule has 32 heavy (non-hydrogen) atoms. The third kappa shape index (κ3) is 4.67. The van der Waals surface area contributed by atoms with E-state index in [9.17, 15) is 13.2 Å². The maximum absolute atomic E-state index is 12.9. The molecule has 2 aromatic carbocycles. The third-order valence-corrected chi connectivity index (χ3v) is 13.5. The van der Waals surface area contributed by atoms with E-state index in [1.54, 1.807) is 6.20 Å². The van der Waals surface area contributed by atoms with Gasteiger partial charge in [0.15, 0.2) is 0 Å². The van der Waals surface area contributed by atoms with Crippen LogP contribution in [-0.4, -0.2) is 32.3 Å². The molecule has 0 aliphatic rings. The molecule has 168 valence electrons. The first-order valence-electron chi connectivity index (χ1n) is 10.7. The maximum Gasteiger partial charge on any atom is 0.388 e. The monoisotopic (exact) mass is 488 g/mol. The van der Waals surface area contributed by atoms with E-state index in [2.05, 4.69) is 50.0 Å². The van der Waals surface area contributed by atoms with Crippen LogP contribution in [0.2, 0.25) is 38.8 Å². The minimum absolute atomic E-state index is 0.148. The Morgan fingerprint density at radius 2 is 1.69 bits per heavy atom. The lowest BCUT2D eigenvalue weighted by Crippen LogP contribution is -2.41. The third-order valence-electron chi connectivity index (χ3n) is 5.86. The molecule has 4 rings (SSSR count). The summed E-state index contributed by atoms with van der Waals surface area (Å²) < 4.78 is 40.4. The zero-order valence-corrected chi connectivity index (χ0v) is 21.8. The minimum atomic E-state index is -4.13. The van der Waals surface area contributed by atoms with Crippen molar-refractivity contribution in [3.63, 3.8) is 0 Å². The second-order valence-electron chi connectivity index (χ2n) is 10.0. The van der Waals surface area contributed by atoms with Gasteiger partial charge in [0.1, 0.15) is 8.07 Å². The molecule has 2 heterocycles. The van der Waals surface area contributed by atoms with Crippen LogP contribution in [0.4, 0.5) is 13.2 Å². The second-order valence-corrected chi connectivity index (χ2v) is 21.2. The molecule has 0 radical (unpaired) electrons. The number of aromatic nitrogens is 2. The Labute approximate surface area is 192 Å². The van der Waals surface area contributed by atoms with Gasteiger partial charge < -0.3 is 0 Å². The summed E-state index contributed by atoms with van der Waals surface area (Å²) in [6, 6.07) is 14.9. The van der Waals surface area contributed by atoms with E-state index in [4.69, 9.17) is 9.97 Å². The van der Waals surface area contributed by atoms with Crippen molar-refractivity contribution >= 4 is 58.3 Å². The van der Waals surface area contributed by atoms with E-state index in [-0.39, 0.29) is 6.04 Å². The topological polar surface area (TPSA) is 25.8 Å². The fourth-order valence-electron chi connectivity index (χ4n) is 3.98. The smallest absolute Gasteiger partial charge is 0.255 e. The predicted molar refractivity (Wildman–Crippen MR) is 136 cm³/mol. The van der Waals surface area contributed by atoms with Gasteiger partial charge in [0.05, 0.1) is 28.6 Å². The molecule has 0 N–H and O–H groups in total. The van der Waals surface area contributed by atoms with Crippen LogP contribution >= 0.6 is 11.3 Å². The fourth-order valence-corrected chi connectivity index (χ4v) is 9.69. The molecular formula is C24H27F3N2SSi2. The lowest BCUT2D eigenvalue weighted by Gasteiger charge is -2.21. The van der Waals surface area contributed by atoms with Crippen molar-refractivity contribution in [1.29, 1.82) is 0 Å². The SMILES string of the molecule is C[Si](C)(C)c1cc(-c2nccc3nc([Si](C)(C)CCC(F)(F)F)sc23)cc2ccccc12. The van der Waals surface area contributed by atoms with Crippen LogP contribution in [0.5, 0.6) is 0 Å². The minimum Gasteiger partial charge on any atom is -0.255 e. The molecule has 0 bridgehead atoms. The first kappa shape index (κ1) is 23.1. The summed E-state index contributed by atoms with van der Waals surface area (Å²) in [5.74, 6) is 0. The molecule has 0 aliphatic heterocycles. The normalized spacial score (nSPS) is 13.2. The number of thiazole rings is 1. The molecule has 0 atom stereocenters. The molecule has 0 saturated carbocycles. The van der Waals surface area contributed by atoms with E-state index >= 15 is 0 Å². The highest BCUT2D eigenvalue weighted by atomic mass is 32.1. The summed E-state index contributed by atoms with van der Waals surface area (Å²) in [7, 11) is -3.94. The van der Waals surface area contributed by atoms with Gasteiger partial charge in [-0.15, -0.1) is 11.3 Å². The molecule has 2 aromatic heterocycles. The van der Waals surface area contributed by atoms with Crippen LogP contribution in [-0.2, 0) is 0 Å². The van der Waals surface area contributed by atoms with E-state index in [0.29, 0.717) is 0 Å². The number of halogens is 3. The molecule has 4 aromatic rings. The van der Waals surface area contributed by atoms with Gasteiger partial charge in [-0.2, -0.15) is 13.2 Å². The standard InChI is InChI=1S/C24H27F3N2SSi2/c1-31(2,3)20-15-17(14-16-8-6-7-9-18(16)20)21-22-19(10-12-28-21)29-23(30-22)32(4,5)13-11-24(25,26)27/h6-10,12,14-15H,11,13H2,1-5H3. The zero-order valence-electron chi connectivity index (χ0n) is 19.0. The summed E-state index contributed by atoms with van der Waals surface area (Å²) in [5.41, 5.74) is 2.75. The summed E-state index contributed by atoms with van der Waals surface area (Å²) in [6.45, 7) is 11.0. The van der Waals surface area contributed by atoms with Gasteiger partial charge in [-0.3, -0.25) is 4.98 Å². The van der Waals surface area contributed by atoms with Crippen molar-refractivity contribution in [2.24, 2.45) is 0 Å². The molecule has 0 unspecified atom stereocenters. The highest BCUT2D eigenvalue weighted by Gasteiger charge is 2.35. The summed E-state index contributed by atoms with van der Waals surface area (Å²) in [5, 5.41) is 3.85. The van der Waals surface area contributed by atoms with Gasteiger partial charge >= 0.3 is 6.18 Å². The Bertz CT molecular complexity index is 1290. The highest BCUT2D eigenvalue weighted by Crippen LogP contribution is 2.33. The molecule has 0 saturated heterocycles. The quantitative estimate of drug-likeness (QED) is 0.285. The van der Waals surface area contributed by atoms with Crippen LogP contribution in [0.3, 0.4) is 0 Å². The molecule has 0 fully saturated rings. The van der Waals surface area contributed by atoms with Crippen LogP contribution in [0.25, 0.3) is 32.2 Å². The number of pyridine rings is 1. The van der Waals surface area contributed by atoms with E-state index in [1.165, 1.54) is 27.3 Å². The largest absolute Gasteiger partial charge is 0.388 e. The lowest BCUT2D eigenvalue weighted by atomic mass is 10.0. The van der Waals surface area contributed by atoms with Gasteiger partial charge in [0, 0.05) is 18.2 Å². The van der Waals surface area contributed by atoms with Crippen molar-refractivity contribution < 1.29 is 13.2 Å². The number of hydrogen-bond acceptors (Lipinski definition) is 3. The molecular weight excluding hydrogens is 462 g/mol. The van der Waals surface area contributed by atoms with Crippen molar-refractivity contribution in [2.75, 3.05) is 0 Å². The highest BCUT2D eigenvalue weighted by molar-refractivity contribution is 7.31. The maximum atomic E-state index is 12.9. The van der Waals surface area contributed by atoms with Gasteiger partial charge in [0.2, 0.25) is 0 Å². The van der Waals surface area contributed by atoms with E-state index in [1.807, 2.05) is 25.2 Å². The van der Waals surface area contributed by atoms with Gasteiger partial charge in [-0.25, -0.2) is 4.98 Å². The number of nitrogens with zero attached hydrogens (tertiary/aromatic N) is 2. The number of alkyl halides is 3. The van der Waals surface area contributed by atoms with Crippen molar-refractivity contribution in [3.8, 4) is 11.3 Å². The molecule has 2 nitrogen and oxygen atoms in total. The van der Waals surface area contributed by atoms with E-state index in [0.717, 1.165) is 26.1 Å². The first-order valence-corrected chi connectivity index (χ1v) is 18.2. The van der Waals surface area contributed by atoms with Crippen molar-refractivity contribution in [1.82, 2.24) is 9.97 Å². The Kier molecular flexibility index (Phi) is 5.84. The Balaban J connectivity index is 1.85. The van der Waals surface area contributed by atoms with Crippen LogP contribution in [0.15, 0.2) is 48.7 Å². The molecule has 0 aliphatic carbocycles. The van der Waals surface area contributed by atoms with Crippen molar-refractivity contribution in [3.05, 3.63) is 48.7 Å². The summed E-state index contributed by atoms with van der Waals surface area (Å²) >= 11 is 1.53. The molecule has 0 spiro atoms. The van der Waals surface area contributed by atoms with Crippen LogP contribution in [0, 0.1) is 0 Å². The van der Waals surface area contributed by atoms with Crippen LogP contribution < -0.4 is 9.82 Å². The number of rotatable bonds is 5. The second kappa shape index (κ2) is 8.07. The Morgan fingerprint density at radius 3 is 2.38 bits per heavy atom. The first-order chi connectivity index (χ1) is 14.9. The summed E-state index contributed by atoms with van der Waals surface area (Å²) in [4.78, 5) is 9.50. The lowest BCUT2D eigenvalue weighted by molar-refractivity contribution is -0.130.